The molecular weight excluding hydrogens is 218 g/mol. The predicted octanol–water partition coefficient (Wildman–Crippen LogP) is 2.95. The Bertz CT molecular complexity index is 147. The highest BCUT2D eigenvalue weighted by atomic mass is 127. The molecule has 0 amide bonds. The molecule has 0 saturated carbocycles. The zero-order valence-corrected chi connectivity index (χ0v) is 6.48. The maximum absolute atomic E-state index is 12.2. The molecule has 2 heteroatoms. The van der Waals surface area contributed by atoms with Crippen molar-refractivity contribution in [1.82, 2.24) is 0 Å². The molecule has 8 heavy (non-hydrogen) atoms. The summed E-state index contributed by atoms with van der Waals surface area (Å²) < 4.78 is 13.3. The van der Waals surface area contributed by atoms with Crippen LogP contribution in [0.25, 0.3) is 0 Å². The quantitative estimate of drug-likeness (QED) is 0.555. The topological polar surface area (TPSA) is 0 Å². The number of hydrogen-bond donors (Lipinski definition) is 0. The first-order valence-electron chi connectivity index (χ1n) is 2.51. The molecule has 0 bridgehead atoms. The fraction of sp³-hybridized carbons (Fsp3) is 0.333. The summed E-state index contributed by atoms with van der Waals surface area (Å²) in [4.78, 5) is 0. The Morgan fingerprint density at radius 2 is 2.38 bits per heavy atom. The third kappa shape index (κ3) is 1.58. The monoisotopic (exact) mass is 224 g/mol. The van der Waals surface area contributed by atoms with Crippen molar-refractivity contribution in [2.24, 2.45) is 0 Å². The van der Waals surface area contributed by atoms with Gasteiger partial charge in [-0.3, -0.25) is 0 Å². The summed E-state index contributed by atoms with van der Waals surface area (Å²) in [5.74, 6) is -0.0827. The van der Waals surface area contributed by atoms with Gasteiger partial charge in [0.25, 0.3) is 0 Å². The van der Waals surface area contributed by atoms with Gasteiger partial charge in [0.15, 0.2) is 0 Å². The first-order chi connectivity index (χ1) is 3.79. The molecule has 0 aromatic rings. The SMILES string of the molecule is FC1=CCCC(I)=C1. The van der Waals surface area contributed by atoms with E-state index in [1.165, 1.54) is 0 Å². The molecule has 1 aliphatic rings. The van der Waals surface area contributed by atoms with Gasteiger partial charge in [0.05, 0.1) is 0 Å². The van der Waals surface area contributed by atoms with Gasteiger partial charge < -0.3 is 0 Å². The van der Waals surface area contributed by atoms with E-state index in [0.29, 0.717) is 0 Å². The van der Waals surface area contributed by atoms with E-state index in [4.69, 9.17) is 0 Å². The Kier molecular flexibility index (Phi) is 2.05. The molecule has 0 unspecified atom stereocenters. The molecule has 0 atom stereocenters. The van der Waals surface area contributed by atoms with E-state index >= 15 is 0 Å². The van der Waals surface area contributed by atoms with Gasteiger partial charge in [-0.05, 0) is 51.2 Å². The van der Waals surface area contributed by atoms with Crippen LogP contribution in [0.4, 0.5) is 4.39 Å². The Balaban J connectivity index is 2.69. The van der Waals surface area contributed by atoms with E-state index in [1.807, 2.05) is 0 Å². The number of halogens is 2. The molecule has 0 heterocycles. The molecule has 0 N–H and O–H groups in total. The molecule has 0 radical (unpaired) electrons. The van der Waals surface area contributed by atoms with Gasteiger partial charge in [0.2, 0.25) is 0 Å². The molecule has 0 aliphatic heterocycles. The van der Waals surface area contributed by atoms with Crippen molar-refractivity contribution in [3.05, 3.63) is 21.6 Å². The van der Waals surface area contributed by atoms with Crippen molar-refractivity contribution in [2.75, 3.05) is 0 Å². The second-order valence-electron chi connectivity index (χ2n) is 1.72. The Morgan fingerprint density at radius 3 is 2.75 bits per heavy atom. The lowest BCUT2D eigenvalue weighted by atomic mass is 10.2. The Morgan fingerprint density at radius 1 is 1.62 bits per heavy atom. The molecule has 0 nitrogen and oxygen atoms in total. The van der Waals surface area contributed by atoms with Gasteiger partial charge in [-0.25, -0.2) is 4.39 Å². The summed E-state index contributed by atoms with van der Waals surface area (Å²) in [6, 6.07) is 0. The minimum atomic E-state index is -0.0827. The lowest BCUT2D eigenvalue weighted by molar-refractivity contribution is 0.652. The standard InChI is InChI=1S/C6H6FI/c7-5-2-1-3-6(8)4-5/h2,4H,1,3H2. The largest absolute Gasteiger partial charge is 0.207 e. The smallest absolute Gasteiger partial charge is 0.119 e. The zero-order valence-electron chi connectivity index (χ0n) is 4.32. The van der Waals surface area contributed by atoms with Gasteiger partial charge >= 0.3 is 0 Å². The second-order valence-corrected chi connectivity index (χ2v) is 3.10. The van der Waals surface area contributed by atoms with Crippen LogP contribution in [0, 0.1) is 0 Å². The van der Waals surface area contributed by atoms with Crippen LogP contribution >= 0.6 is 22.6 Å². The van der Waals surface area contributed by atoms with Crippen molar-refractivity contribution in [2.45, 2.75) is 12.8 Å². The van der Waals surface area contributed by atoms with Gasteiger partial charge in [-0.1, -0.05) is 0 Å². The normalized spacial score (nSPS) is 19.8. The molecule has 0 fully saturated rings. The van der Waals surface area contributed by atoms with Crippen molar-refractivity contribution in [3.8, 4) is 0 Å². The van der Waals surface area contributed by atoms with Crippen molar-refractivity contribution >= 4 is 22.6 Å². The Hall–Kier alpha value is 0.140. The van der Waals surface area contributed by atoms with Gasteiger partial charge in [0, 0.05) is 0 Å². The van der Waals surface area contributed by atoms with E-state index in [1.54, 1.807) is 12.2 Å². The second kappa shape index (κ2) is 2.62. The predicted molar refractivity (Wildman–Crippen MR) is 40.5 cm³/mol. The van der Waals surface area contributed by atoms with Crippen LogP contribution in [0.5, 0.6) is 0 Å². The molecule has 0 aromatic carbocycles. The van der Waals surface area contributed by atoms with E-state index in [9.17, 15) is 4.39 Å². The van der Waals surface area contributed by atoms with Crippen LogP contribution in [-0.2, 0) is 0 Å². The fourth-order valence-corrected chi connectivity index (χ4v) is 1.24. The number of hydrogen-bond acceptors (Lipinski definition) is 0. The number of rotatable bonds is 0. The highest BCUT2D eigenvalue weighted by Crippen LogP contribution is 2.22. The molecule has 1 aliphatic carbocycles. The van der Waals surface area contributed by atoms with Crippen LogP contribution in [0.2, 0.25) is 0 Å². The fourth-order valence-electron chi connectivity index (χ4n) is 0.629. The van der Waals surface area contributed by atoms with Crippen LogP contribution in [0.3, 0.4) is 0 Å². The molecule has 0 spiro atoms. The van der Waals surface area contributed by atoms with E-state index in [-0.39, 0.29) is 5.83 Å². The Labute approximate surface area is 61.6 Å². The highest BCUT2D eigenvalue weighted by molar-refractivity contribution is 14.1. The van der Waals surface area contributed by atoms with Crippen molar-refractivity contribution in [3.63, 3.8) is 0 Å². The maximum atomic E-state index is 12.2. The third-order valence-electron chi connectivity index (χ3n) is 1.02. The zero-order chi connectivity index (χ0) is 5.98. The molecule has 44 valence electrons. The summed E-state index contributed by atoms with van der Waals surface area (Å²) in [6.07, 6.45) is 5.06. The summed E-state index contributed by atoms with van der Waals surface area (Å²) in [5, 5.41) is 0. The lowest BCUT2D eigenvalue weighted by Crippen LogP contribution is -1.80. The minimum absolute atomic E-state index is 0.0827. The molecule has 1 rings (SSSR count). The average molecular weight is 224 g/mol. The first-order valence-corrected chi connectivity index (χ1v) is 3.58. The summed E-state index contributed by atoms with van der Waals surface area (Å²) in [5.41, 5.74) is 0. The van der Waals surface area contributed by atoms with E-state index < -0.39 is 0 Å². The van der Waals surface area contributed by atoms with Crippen molar-refractivity contribution in [1.29, 1.82) is 0 Å². The lowest BCUT2D eigenvalue weighted by Gasteiger charge is -2.00. The molecule has 0 aromatic heterocycles. The maximum Gasteiger partial charge on any atom is 0.119 e. The van der Waals surface area contributed by atoms with Crippen LogP contribution < -0.4 is 0 Å². The third-order valence-corrected chi connectivity index (χ3v) is 1.87. The molecule has 0 saturated heterocycles. The van der Waals surface area contributed by atoms with Gasteiger partial charge in [-0.15, -0.1) is 0 Å². The van der Waals surface area contributed by atoms with E-state index in [0.717, 1.165) is 16.4 Å². The van der Waals surface area contributed by atoms with Crippen LogP contribution in [0.15, 0.2) is 21.6 Å². The number of allylic oxidation sites excluding steroid dienone is 4. The first kappa shape index (κ1) is 6.26. The minimum Gasteiger partial charge on any atom is -0.207 e. The van der Waals surface area contributed by atoms with E-state index in [2.05, 4.69) is 22.6 Å². The summed E-state index contributed by atoms with van der Waals surface area (Å²) >= 11 is 2.15. The molecular formula is C6H6FI. The van der Waals surface area contributed by atoms with Crippen LogP contribution in [-0.4, -0.2) is 0 Å². The van der Waals surface area contributed by atoms with Crippen LogP contribution in [0.1, 0.15) is 12.8 Å². The van der Waals surface area contributed by atoms with Gasteiger partial charge in [0.1, 0.15) is 5.83 Å². The highest BCUT2D eigenvalue weighted by Gasteiger charge is 1.99. The summed E-state index contributed by atoms with van der Waals surface area (Å²) in [7, 11) is 0. The average Bonchev–Trinajstić information content (AvgIpc) is 1.64. The van der Waals surface area contributed by atoms with Crippen molar-refractivity contribution < 1.29 is 4.39 Å². The summed E-state index contributed by atoms with van der Waals surface area (Å²) in [6.45, 7) is 0. The van der Waals surface area contributed by atoms with Gasteiger partial charge in [-0.2, -0.15) is 0 Å².